The third-order valence-electron chi connectivity index (χ3n) is 2.36. The lowest BCUT2D eigenvalue weighted by Gasteiger charge is -2.19. The number of amides is 1. The van der Waals surface area contributed by atoms with E-state index < -0.39 is 12.0 Å². The fraction of sp³-hybridized carbons (Fsp3) is 0.300. The highest BCUT2D eigenvalue weighted by Crippen LogP contribution is 2.23. The van der Waals surface area contributed by atoms with Crippen molar-refractivity contribution < 1.29 is 14.7 Å². The number of aromatic nitrogens is 1. The third kappa shape index (κ3) is 2.61. The summed E-state index contributed by atoms with van der Waals surface area (Å²) in [5.41, 5.74) is 0.258. The molecule has 0 aromatic carbocycles. The molecule has 1 fully saturated rings. The average Bonchev–Trinajstić information content (AvgIpc) is 2.77. The molecule has 5 nitrogen and oxygen atoms in total. The van der Waals surface area contributed by atoms with Crippen molar-refractivity contribution in [3.8, 4) is 0 Å². The molecule has 2 rings (SSSR count). The molecular formula is C10H9BrN2O3S. The summed E-state index contributed by atoms with van der Waals surface area (Å²) >= 11 is 4.61. The summed E-state index contributed by atoms with van der Waals surface area (Å²) in [6.45, 7) is 0. The number of carbonyl (C=O) groups is 2. The number of rotatable bonds is 2. The van der Waals surface area contributed by atoms with Gasteiger partial charge < -0.3 is 10.0 Å². The molecule has 90 valence electrons. The summed E-state index contributed by atoms with van der Waals surface area (Å²) in [6.07, 6.45) is 0. The van der Waals surface area contributed by atoms with Gasteiger partial charge in [-0.1, -0.05) is 6.07 Å². The Balaban J connectivity index is 2.23. The molecule has 0 spiro atoms. The first kappa shape index (κ1) is 12.4. The highest BCUT2D eigenvalue weighted by Gasteiger charge is 2.35. The van der Waals surface area contributed by atoms with Gasteiger partial charge in [0.15, 0.2) is 0 Å². The maximum Gasteiger partial charge on any atom is 0.327 e. The van der Waals surface area contributed by atoms with E-state index in [-0.39, 0.29) is 11.6 Å². The van der Waals surface area contributed by atoms with Gasteiger partial charge in [0.2, 0.25) is 0 Å². The van der Waals surface area contributed by atoms with Crippen LogP contribution in [0.1, 0.15) is 10.5 Å². The SMILES string of the molecule is O=C(O)C1CSCN1C(=O)c1cccc(Br)n1. The van der Waals surface area contributed by atoms with E-state index in [4.69, 9.17) is 5.11 Å². The molecule has 1 N–H and O–H groups in total. The largest absolute Gasteiger partial charge is 0.480 e. The number of nitrogens with zero attached hydrogens (tertiary/aromatic N) is 2. The molecule has 1 aromatic rings. The van der Waals surface area contributed by atoms with Crippen molar-refractivity contribution in [3.05, 3.63) is 28.5 Å². The van der Waals surface area contributed by atoms with Gasteiger partial charge in [0, 0.05) is 5.75 Å². The lowest BCUT2D eigenvalue weighted by molar-refractivity contribution is -0.140. The van der Waals surface area contributed by atoms with E-state index in [2.05, 4.69) is 20.9 Å². The molecular weight excluding hydrogens is 308 g/mol. The van der Waals surface area contributed by atoms with Gasteiger partial charge in [0.1, 0.15) is 16.3 Å². The smallest absolute Gasteiger partial charge is 0.327 e. The fourth-order valence-corrected chi connectivity index (χ4v) is 3.01. The first-order chi connectivity index (χ1) is 8.09. The standard InChI is InChI=1S/C10H9BrN2O3S/c11-8-3-1-2-6(12-8)9(14)13-5-17-4-7(13)10(15)16/h1-3,7H,4-5H2,(H,15,16). The molecule has 0 radical (unpaired) electrons. The number of thioether (sulfide) groups is 1. The van der Waals surface area contributed by atoms with Gasteiger partial charge in [0.05, 0.1) is 5.88 Å². The number of carboxylic acid groups (broad SMARTS) is 1. The second kappa shape index (κ2) is 5.05. The number of carboxylic acids is 1. The van der Waals surface area contributed by atoms with Crippen LogP contribution >= 0.6 is 27.7 Å². The first-order valence-corrected chi connectivity index (χ1v) is 6.78. The van der Waals surface area contributed by atoms with Crippen LogP contribution in [-0.2, 0) is 4.79 Å². The van der Waals surface area contributed by atoms with Gasteiger partial charge >= 0.3 is 5.97 Å². The Labute approximate surface area is 110 Å². The molecule has 1 aliphatic heterocycles. The van der Waals surface area contributed by atoms with Crippen molar-refractivity contribution in [2.75, 3.05) is 11.6 Å². The maximum atomic E-state index is 12.1. The van der Waals surface area contributed by atoms with Gasteiger partial charge in [-0.15, -0.1) is 11.8 Å². The Kier molecular flexibility index (Phi) is 3.68. The minimum atomic E-state index is -0.974. The van der Waals surface area contributed by atoms with Crippen molar-refractivity contribution in [2.24, 2.45) is 0 Å². The van der Waals surface area contributed by atoms with Crippen molar-refractivity contribution in [3.63, 3.8) is 0 Å². The molecule has 1 amide bonds. The van der Waals surface area contributed by atoms with Crippen LogP contribution in [0.5, 0.6) is 0 Å². The van der Waals surface area contributed by atoms with Crippen molar-refractivity contribution >= 4 is 39.6 Å². The van der Waals surface area contributed by atoms with Crippen molar-refractivity contribution in [1.82, 2.24) is 9.88 Å². The Morgan fingerprint density at radius 1 is 1.53 bits per heavy atom. The topological polar surface area (TPSA) is 70.5 Å². The van der Waals surface area contributed by atoms with Gasteiger partial charge in [-0.2, -0.15) is 0 Å². The Morgan fingerprint density at radius 3 is 2.94 bits per heavy atom. The van der Waals surface area contributed by atoms with Crippen LogP contribution in [0, 0.1) is 0 Å². The second-order valence-electron chi connectivity index (χ2n) is 3.47. The maximum absolute atomic E-state index is 12.1. The van der Waals surface area contributed by atoms with E-state index in [9.17, 15) is 9.59 Å². The summed E-state index contributed by atoms with van der Waals surface area (Å²) in [4.78, 5) is 28.4. The Hall–Kier alpha value is -1.08. The third-order valence-corrected chi connectivity index (χ3v) is 3.82. The first-order valence-electron chi connectivity index (χ1n) is 4.83. The summed E-state index contributed by atoms with van der Waals surface area (Å²) in [5, 5.41) is 9.00. The van der Waals surface area contributed by atoms with Crippen molar-refractivity contribution in [1.29, 1.82) is 0 Å². The number of hydrogen-bond donors (Lipinski definition) is 1. The molecule has 1 aliphatic rings. The van der Waals surface area contributed by atoms with Crippen LogP contribution < -0.4 is 0 Å². The molecule has 1 saturated heterocycles. The Bertz CT molecular complexity index is 469. The zero-order valence-electron chi connectivity index (χ0n) is 8.67. The van der Waals surface area contributed by atoms with E-state index in [1.165, 1.54) is 16.7 Å². The fourth-order valence-electron chi connectivity index (χ4n) is 1.52. The van der Waals surface area contributed by atoms with Crippen LogP contribution in [0.4, 0.5) is 0 Å². The lowest BCUT2D eigenvalue weighted by Crippen LogP contribution is -2.42. The van der Waals surface area contributed by atoms with Gasteiger partial charge in [-0.25, -0.2) is 9.78 Å². The van der Waals surface area contributed by atoms with Gasteiger partial charge in [0.25, 0.3) is 5.91 Å². The zero-order valence-corrected chi connectivity index (χ0v) is 11.1. The van der Waals surface area contributed by atoms with Crippen LogP contribution in [0.15, 0.2) is 22.8 Å². The number of halogens is 1. The van der Waals surface area contributed by atoms with Crippen molar-refractivity contribution in [2.45, 2.75) is 6.04 Å². The predicted octanol–water partition coefficient (Wildman–Crippen LogP) is 1.44. The van der Waals surface area contributed by atoms with Crippen LogP contribution in [0.2, 0.25) is 0 Å². The Morgan fingerprint density at radius 2 is 2.29 bits per heavy atom. The molecule has 0 bridgehead atoms. The number of pyridine rings is 1. The average molecular weight is 317 g/mol. The van der Waals surface area contributed by atoms with Gasteiger partial charge in [-0.05, 0) is 28.1 Å². The number of hydrogen-bond acceptors (Lipinski definition) is 4. The molecule has 1 atom stereocenters. The normalized spacial score (nSPS) is 19.4. The highest BCUT2D eigenvalue weighted by molar-refractivity contribution is 9.10. The summed E-state index contributed by atoms with van der Waals surface area (Å²) in [5.74, 6) is -0.499. The van der Waals surface area contributed by atoms with Crippen LogP contribution in [0.3, 0.4) is 0 Å². The minimum absolute atomic E-state index is 0.258. The predicted molar refractivity (Wildman–Crippen MR) is 66.9 cm³/mol. The van der Waals surface area contributed by atoms with E-state index in [1.807, 2.05) is 0 Å². The van der Waals surface area contributed by atoms with E-state index in [0.717, 1.165) is 0 Å². The van der Waals surface area contributed by atoms with E-state index in [0.29, 0.717) is 16.2 Å². The molecule has 17 heavy (non-hydrogen) atoms. The van der Waals surface area contributed by atoms with E-state index in [1.54, 1.807) is 18.2 Å². The molecule has 0 aliphatic carbocycles. The van der Waals surface area contributed by atoms with E-state index >= 15 is 0 Å². The summed E-state index contributed by atoms with van der Waals surface area (Å²) in [6, 6.07) is 4.23. The quantitative estimate of drug-likeness (QED) is 0.836. The van der Waals surface area contributed by atoms with Gasteiger partial charge in [-0.3, -0.25) is 4.79 Å². The molecule has 1 unspecified atom stereocenters. The monoisotopic (exact) mass is 316 g/mol. The van der Waals surface area contributed by atoms with Crippen LogP contribution in [-0.4, -0.2) is 44.5 Å². The molecule has 1 aromatic heterocycles. The molecule has 0 saturated carbocycles. The lowest BCUT2D eigenvalue weighted by atomic mass is 10.2. The molecule has 2 heterocycles. The van der Waals surface area contributed by atoms with Crippen LogP contribution in [0.25, 0.3) is 0 Å². The highest BCUT2D eigenvalue weighted by atomic mass is 79.9. The second-order valence-corrected chi connectivity index (χ2v) is 5.29. The summed E-state index contributed by atoms with van der Waals surface area (Å²) in [7, 11) is 0. The zero-order chi connectivity index (χ0) is 12.4. The molecule has 7 heteroatoms. The summed E-state index contributed by atoms with van der Waals surface area (Å²) < 4.78 is 0.557. The number of carbonyl (C=O) groups excluding carboxylic acids is 1. The number of aliphatic carboxylic acids is 1. The minimum Gasteiger partial charge on any atom is -0.480 e.